The van der Waals surface area contributed by atoms with Gasteiger partial charge in [0, 0.05) is 13.6 Å². The standard InChI is InChI=1S/C11H18N4S/c1-7-9(10(12)16)11(15(2)14-7)13-6-5-8-3-4-8/h8,13H,3-6H2,1-2H3,(H2,12,16). The van der Waals surface area contributed by atoms with Gasteiger partial charge in [-0.3, -0.25) is 4.68 Å². The zero-order valence-corrected chi connectivity index (χ0v) is 10.6. The average molecular weight is 238 g/mol. The summed E-state index contributed by atoms with van der Waals surface area (Å²) in [7, 11) is 1.91. The molecule has 3 N–H and O–H groups in total. The molecule has 0 unspecified atom stereocenters. The lowest BCUT2D eigenvalue weighted by Gasteiger charge is -2.08. The highest BCUT2D eigenvalue weighted by molar-refractivity contribution is 7.80. The Morgan fingerprint density at radius 1 is 1.62 bits per heavy atom. The molecule has 1 aliphatic carbocycles. The minimum Gasteiger partial charge on any atom is -0.389 e. The Bertz CT molecular complexity index is 406. The molecule has 1 aliphatic rings. The first-order chi connectivity index (χ1) is 7.59. The van der Waals surface area contributed by atoms with Crippen molar-refractivity contribution in [3.05, 3.63) is 11.3 Å². The Hall–Kier alpha value is -1.10. The van der Waals surface area contributed by atoms with Gasteiger partial charge in [-0.25, -0.2) is 0 Å². The summed E-state index contributed by atoms with van der Waals surface area (Å²) in [6.45, 7) is 2.90. The van der Waals surface area contributed by atoms with Crippen LogP contribution in [-0.2, 0) is 7.05 Å². The molecule has 0 aromatic carbocycles. The number of aryl methyl sites for hydroxylation is 2. The fourth-order valence-electron chi connectivity index (χ4n) is 1.96. The predicted octanol–water partition coefficient (Wildman–Crippen LogP) is 1.57. The molecule has 0 radical (unpaired) electrons. The molecule has 0 amide bonds. The Balaban J connectivity index is 2.07. The molecule has 88 valence electrons. The number of rotatable bonds is 5. The minimum absolute atomic E-state index is 0.416. The van der Waals surface area contributed by atoms with Crippen molar-refractivity contribution < 1.29 is 0 Å². The molecule has 0 aliphatic heterocycles. The summed E-state index contributed by atoms with van der Waals surface area (Å²) in [5, 5.41) is 7.72. The number of aromatic nitrogens is 2. The summed E-state index contributed by atoms with van der Waals surface area (Å²) in [5.74, 6) is 1.88. The molecule has 1 heterocycles. The van der Waals surface area contributed by atoms with Gasteiger partial charge in [0.1, 0.15) is 10.8 Å². The van der Waals surface area contributed by atoms with Crippen LogP contribution in [0.5, 0.6) is 0 Å². The van der Waals surface area contributed by atoms with E-state index in [1.165, 1.54) is 19.3 Å². The van der Waals surface area contributed by atoms with Crippen LogP contribution in [0.2, 0.25) is 0 Å². The highest BCUT2D eigenvalue weighted by Crippen LogP contribution is 2.32. The SMILES string of the molecule is Cc1nn(C)c(NCCC2CC2)c1C(N)=S. The van der Waals surface area contributed by atoms with Crippen molar-refractivity contribution in [2.75, 3.05) is 11.9 Å². The van der Waals surface area contributed by atoms with Crippen molar-refractivity contribution in [1.29, 1.82) is 0 Å². The lowest BCUT2D eigenvalue weighted by Crippen LogP contribution is -2.15. The zero-order chi connectivity index (χ0) is 11.7. The second kappa shape index (κ2) is 4.41. The van der Waals surface area contributed by atoms with E-state index in [-0.39, 0.29) is 0 Å². The van der Waals surface area contributed by atoms with Gasteiger partial charge in [-0.15, -0.1) is 0 Å². The second-order valence-corrected chi connectivity index (χ2v) is 4.90. The Kier molecular flexibility index (Phi) is 3.14. The molecule has 5 heteroatoms. The highest BCUT2D eigenvalue weighted by atomic mass is 32.1. The van der Waals surface area contributed by atoms with E-state index < -0.39 is 0 Å². The fourth-order valence-corrected chi connectivity index (χ4v) is 2.20. The third-order valence-electron chi connectivity index (χ3n) is 3.01. The molecule has 1 fully saturated rings. The maximum absolute atomic E-state index is 5.71. The summed E-state index contributed by atoms with van der Waals surface area (Å²) in [5.41, 5.74) is 7.49. The third-order valence-corrected chi connectivity index (χ3v) is 3.21. The molecule has 1 saturated carbocycles. The zero-order valence-electron chi connectivity index (χ0n) is 9.79. The van der Waals surface area contributed by atoms with E-state index in [4.69, 9.17) is 18.0 Å². The Labute approximate surface area is 101 Å². The summed E-state index contributed by atoms with van der Waals surface area (Å²) in [6.07, 6.45) is 3.99. The maximum Gasteiger partial charge on any atom is 0.134 e. The van der Waals surface area contributed by atoms with Gasteiger partial charge in [-0.05, 0) is 19.3 Å². The number of hydrogen-bond acceptors (Lipinski definition) is 3. The van der Waals surface area contributed by atoms with E-state index >= 15 is 0 Å². The van der Waals surface area contributed by atoms with Crippen LogP contribution >= 0.6 is 12.2 Å². The number of hydrogen-bond donors (Lipinski definition) is 2. The van der Waals surface area contributed by atoms with E-state index in [2.05, 4.69) is 10.4 Å². The first-order valence-electron chi connectivity index (χ1n) is 5.67. The molecular formula is C11H18N4S. The molecule has 0 saturated heterocycles. The van der Waals surface area contributed by atoms with Crippen LogP contribution in [0.4, 0.5) is 5.82 Å². The molecular weight excluding hydrogens is 220 g/mol. The number of anilines is 1. The van der Waals surface area contributed by atoms with Gasteiger partial charge in [-0.1, -0.05) is 25.1 Å². The van der Waals surface area contributed by atoms with Gasteiger partial charge in [-0.2, -0.15) is 5.10 Å². The number of thiocarbonyl (C=S) groups is 1. The second-order valence-electron chi connectivity index (χ2n) is 4.46. The van der Waals surface area contributed by atoms with Gasteiger partial charge < -0.3 is 11.1 Å². The summed E-state index contributed by atoms with van der Waals surface area (Å²) < 4.78 is 1.82. The fraction of sp³-hybridized carbons (Fsp3) is 0.636. The van der Waals surface area contributed by atoms with Gasteiger partial charge in [0.05, 0.1) is 11.3 Å². The monoisotopic (exact) mass is 238 g/mol. The van der Waals surface area contributed by atoms with Crippen LogP contribution in [0.15, 0.2) is 0 Å². The van der Waals surface area contributed by atoms with Gasteiger partial charge in [0.15, 0.2) is 0 Å². The summed E-state index contributed by atoms with van der Waals surface area (Å²) >= 11 is 5.05. The summed E-state index contributed by atoms with van der Waals surface area (Å²) in [6, 6.07) is 0. The minimum atomic E-state index is 0.416. The van der Waals surface area contributed by atoms with Gasteiger partial charge in [0.25, 0.3) is 0 Å². The average Bonchev–Trinajstić information content (AvgIpc) is 2.94. The molecule has 1 aromatic heterocycles. The van der Waals surface area contributed by atoms with E-state index in [0.717, 1.165) is 29.5 Å². The molecule has 1 aromatic rings. The first-order valence-corrected chi connectivity index (χ1v) is 6.07. The van der Waals surface area contributed by atoms with Crippen LogP contribution in [0, 0.1) is 12.8 Å². The van der Waals surface area contributed by atoms with Crippen LogP contribution in [0.25, 0.3) is 0 Å². The maximum atomic E-state index is 5.71. The normalized spacial score (nSPS) is 15.1. The van der Waals surface area contributed by atoms with Crippen LogP contribution < -0.4 is 11.1 Å². The largest absolute Gasteiger partial charge is 0.389 e. The van der Waals surface area contributed by atoms with Crippen molar-refractivity contribution >= 4 is 23.0 Å². The molecule has 2 rings (SSSR count). The lowest BCUT2D eigenvalue weighted by molar-refractivity contribution is 0.729. The topological polar surface area (TPSA) is 55.9 Å². The Morgan fingerprint density at radius 3 is 2.88 bits per heavy atom. The Morgan fingerprint density at radius 2 is 2.31 bits per heavy atom. The molecule has 4 nitrogen and oxygen atoms in total. The highest BCUT2D eigenvalue weighted by Gasteiger charge is 2.21. The van der Waals surface area contributed by atoms with Gasteiger partial charge >= 0.3 is 0 Å². The van der Waals surface area contributed by atoms with Crippen molar-refractivity contribution in [2.45, 2.75) is 26.2 Å². The van der Waals surface area contributed by atoms with Crippen LogP contribution in [0.3, 0.4) is 0 Å². The van der Waals surface area contributed by atoms with Crippen LogP contribution in [-0.4, -0.2) is 21.3 Å². The van der Waals surface area contributed by atoms with E-state index in [0.29, 0.717) is 4.99 Å². The third kappa shape index (κ3) is 2.35. The lowest BCUT2D eigenvalue weighted by atomic mass is 10.2. The smallest absolute Gasteiger partial charge is 0.134 e. The van der Waals surface area contributed by atoms with Crippen molar-refractivity contribution in [3.63, 3.8) is 0 Å². The molecule has 16 heavy (non-hydrogen) atoms. The van der Waals surface area contributed by atoms with E-state index in [9.17, 15) is 0 Å². The van der Waals surface area contributed by atoms with Crippen molar-refractivity contribution in [2.24, 2.45) is 18.7 Å². The van der Waals surface area contributed by atoms with Crippen molar-refractivity contribution in [3.8, 4) is 0 Å². The van der Waals surface area contributed by atoms with Crippen LogP contribution in [0.1, 0.15) is 30.5 Å². The number of nitrogens with zero attached hydrogens (tertiary/aromatic N) is 2. The first kappa shape index (κ1) is 11.4. The molecule has 0 bridgehead atoms. The quantitative estimate of drug-likeness (QED) is 0.765. The predicted molar refractivity (Wildman–Crippen MR) is 69.7 cm³/mol. The number of nitrogens with two attached hydrogens (primary N) is 1. The summed E-state index contributed by atoms with van der Waals surface area (Å²) in [4.78, 5) is 0.416. The van der Waals surface area contributed by atoms with Crippen molar-refractivity contribution in [1.82, 2.24) is 9.78 Å². The van der Waals surface area contributed by atoms with E-state index in [1.54, 1.807) is 0 Å². The number of nitrogens with one attached hydrogen (secondary N) is 1. The van der Waals surface area contributed by atoms with Gasteiger partial charge in [0.2, 0.25) is 0 Å². The molecule has 0 spiro atoms. The van der Waals surface area contributed by atoms with E-state index in [1.807, 2.05) is 18.7 Å². The molecule has 0 atom stereocenters.